The maximum Gasteiger partial charge on any atom is 0.339 e. The summed E-state index contributed by atoms with van der Waals surface area (Å²) >= 11 is 0. The van der Waals surface area contributed by atoms with Gasteiger partial charge in [0.1, 0.15) is 0 Å². The number of rotatable bonds is 4. The zero-order valence-corrected chi connectivity index (χ0v) is 15.9. The van der Waals surface area contributed by atoms with E-state index in [2.05, 4.69) is 63.8 Å². The Balaban J connectivity index is 2.12. The molecular weight excluding hydrogens is 348 g/mol. The number of para-hydroxylation sites is 1. The van der Waals surface area contributed by atoms with Crippen LogP contribution in [0.5, 0.6) is 0 Å². The number of diazo groups is 1. The van der Waals surface area contributed by atoms with Crippen molar-refractivity contribution in [2.24, 2.45) is 5.10 Å². The van der Waals surface area contributed by atoms with Crippen molar-refractivity contribution in [3.63, 3.8) is 0 Å². The van der Waals surface area contributed by atoms with Crippen molar-refractivity contribution in [1.29, 1.82) is 5.39 Å². The molecule has 0 saturated carbocycles. The molecule has 1 aliphatic carbocycles. The Hall–Kier alpha value is -3.72. The van der Waals surface area contributed by atoms with Crippen LogP contribution in [0.4, 0.5) is 5.69 Å². The first kappa shape index (κ1) is 17.7. The first-order chi connectivity index (χ1) is 13.7. The first-order valence-electron chi connectivity index (χ1n) is 9.40. The summed E-state index contributed by atoms with van der Waals surface area (Å²) in [7, 11) is 0. The molecule has 0 amide bonds. The summed E-state index contributed by atoms with van der Waals surface area (Å²) < 4.78 is 2.18. The lowest BCUT2D eigenvalue weighted by Gasteiger charge is -2.23. The van der Waals surface area contributed by atoms with Gasteiger partial charge in [0.15, 0.2) is 10.5 Å². The maximum atomic E-state index is 8.83. The Morgan fingerprint density at radius 1 is 1.00 bits per heavy atom. The first-order valence-corrected chi connectivity index (χ1v) is 9.40. The third-order valence-corrected chi connectivity index (χ3v) is 4.94. The predicted molar refractivity (Wildman–Crippen MR) is 112 cm³/mol. The second-order valence-corrected chi connectivity index (χ2v) is 6.49. The lowest BCUT2D eigenvalue weighted by Crippen LogP contribution is -2.22. The highest BCUT2D eigenvalue weighted by atomic mass is 15.2. The molecular formula is C22H21N6+. The van der Waals surface area contributed by atoms with Gasteiger partial charge in [0.2, 0.25) is 0 Å². The van der Waals surface area contributed by atoms with E-state index in [0.29, 0.717) is 5.36 Å². The Labute approximate surface area is 163 Å². The molecule has 138 valence electrons. The lowest BCUT2D eigenvalue weighted by molar-refractivity contribution is 0.866. The minimum Gasteiger partial charge on any atom is -0.372 e. The highest BCUT2D eigenvalue weighted by Crippen LogP contribution is 2.30. The van der Waals surface area contributed by atoms with E-state index in [4.69, 9.17) is 10.4 Å². The van der Waals surface area contributed by atoms with Gasteiger partial charge in [-0.3, -0.25) is 0 Å². The molecule has 0 bridgehead atoms. The number of anilines is 1. The number of hydrogen-bond donors (Lipinski definition) is 0. The molecule has 0 aromatic heterocycles. The van der Waals surface area contributed by atoms with Gasteiger partial charge in [0.25, 0.3) is 5.39 Å². The van der Waals surface area contributed by atoms with Crippen molar-refractivity contribution in [1.82, 2.24) is 9.55 Å². The smallest absolute Gasteiger partial charge is 0.339 e. The molecule has 0 unspecified atom stereocenters. The average Bonchev–Trinajstić information content (AvgIpc) is 2.74. The van der Waals surface area contributed by atoms with Crippen LogP contribution in [0.15, 0.2) is 71.8 Å². The van der Waals surface area contributed by atoms with Crippen LogP contribution < -0.4 is 10.3 Å². The molecule has 0 saturated heterocycles. The van der Waals surface area contributed by atoms with Crippen molar-refractivity contribution < 1.29 is 0 Å². The number of aromatic nitrogens is 2. The van der Waals surface area contributed by atoms with Crippen molar-refractivity contribution in [2.45, 2.75) is 13.8 Å². The van der Waals surface area contributed by atoms with Crippen molar-refractivity contribution >= 4 is 16.7 Å². The van der Waals surface area contributed by atoms with E-state index in [1.54, 1.807) is 6.07 Å². The molecule has 2 aliphatic rings. The highest BCUT2D eigenvalue weighted by Gasteiger charge is 2.16. The Kier molecular flexibility index (Phi) is 4.73. The van der Waals surface area contributed by atoms with E-state index in [1.807, 2.05) is 30.3 Å². The third kappa shape index (κ3) is 3.08. The summed E-state index contributed by atoms with van der Waals surface area (Å²) in [6, 6.07) is 22.1. The minimum absolute atomic E-state index is 0.570. The van der Waals surface area contributed by atoms with Gasteiger partial charge in [-0.05, 0) is 62.4 Å². The molecule has 2 aromatic carbocycles. The van der Waals surface area contributed by atoms with Crippen molar-refractivity contribution in [3.05, 3.63) is 77.2 Å². The van der Waals surface area contributed by atoms with E-state index in [-0.39, 0.29) is 0 Å². The molecule has 0 radical (unpaired) electrons. The monoisotopic (exact) mass is 369 g/mol. The number of hydrogen-bond acceptors (Lipinski definition) is 4. The summed E-state index contributed by atoms with van der Waals surface area (Å²) in [6.45, 7) is 6.19. The number of nitrogens with zero attached hydrogens (tertiary/aromatic N) is 6. The highest BCUT2D eigenvalue weighted by molar-refractivity contribution is 5.85. The molecule has 0 atom stereocenters. The quantitative estimate of drug-likeness (QED) is 0.299. The van der Waals surface area contributed by atoms with Gasteiger partial charge in [-0.25, -0.2) is 4.98 Å². The largest absolute Gasteiger partial charge is 0.372 e. The van der Waals surface area contributed by atoms with E-state index >= 15 is 0 Å². The van der Waals surface area contributed by atoms with Gasteiger partial charge >= 0.3 is 5.08 Å². The fourth-order valence-corrected chi connectivity index (χ4v) is 3.59. The summed E-state index contributed by atoms with van der Waals surface area (Å²) in [5.74, 6) is 0. The van der Waals surface area contributed by atoms with E-state index in [9.17, 15) is 0 Å². The molecule has 6 nitrogen and oxygen atoms in total. The standard InChI is InChI=1S/C22H21N6/c1-3-27(4-2)18-11-13-20-22(15-18)28(17-8-6-5-7-9-17)21-14-16(25-26-23)10-12-19(21)24-20/h5-15H,3-4H2,1-2H3/q+1. The summed E-state index contributed by atoms with van der Waals surface area (Å²) in [5, 5.41) is 16.1. The van der Waals surface area contributed by atoms with Gasteiger partial charge < -0.3 is 9.47 Å². The minimum atomic E-state index is 0.570. The van der Waals surface area contributed by atoms with Crippen LogP contribution in [-0.4, -0.2) is 22.6 Å². The summed E-state index contributed by atoms with van der Waals surface area (Å²) in [6.07, 6.45) is 0. The zero-order valence-electron chi connectivity index (χ0n) is 15.9. The SMILES string of the molecule is CCN(CC)c1ccc2nc3ccc(=N[N+]#N)cc-3n(-c3ccccc3)c2c1. The van der Waals surface area contributed by atoms with E-state index < -0.39 is 0 Å². The van der Waals surface area contributed by atoms with Crippen LogP contribution in [0, 0.1) is 5.39 Å². The molecule has 0 fully saturated rings. The van der Waals surface area contributed by atoms with Crippen LogP contribution in [-0.2, 0) is 0 Å². The summed E-state index contributed by atoms with van der Waals surface area (Å²) in [5.41, 5.74) is 5.89. The van der Waals surface area contributed by atoms with Crippen LogP contribution in [0.3, 0.4) is 0 Å². The molecule has 28 heavy (non-hydrogen) atoms. The van der Waals surface area contributed by atoms with E-state index in [0.717, 1.165) is 46.9 Å². The Morgan fingerprint density at radius 3 is 2.50 bits per heavy atom. The van der Waals surface area contributed by atoms with Gasteiger partial charge in [0.05, 0.1) is 22.4 Å². The van der Waals surface area contributed by atoms with Crippen LogP contribution in [0.1, 0.15) is 13.8 Å². The Bertz CT molecular complexity index is 1200. The second kappa shape index (κ2) is 7.49. The zero-order chi connectivity index (χ0) is 19.5. The fourth-order valence-electron chi connectivity index (χ4n) is 3.59. The molecule has 1 aliphatic heterocycles. The number of fused-ring (bicyclic) bond motifs is 2. The van der Waals surface area contributed by atoms with Gasteiger partial charge in [-0.2, -0.15) is 0 Å². The topological polar surface area (TPSA) is 61.6 Å². The normalized spacial score (nSPS) is 11.7. The molecule has 0 N–H and O–H groups in total. The third-order valence-electron chi connectivity index (χ3n) is 4.94. The summed E-state index contributed by atoms with van der Waals surface area (Å²) in [4.78, 5) is 7.16. The molecule has 1 heterocycles. The van der Waals surface area contributed by atoms with Gasteiger partial charge in [-0.1, -0.05) is 18.2 Å². The van der Waals surface area contributed by atoms with Crippen molar-refractivity contribution in [3.8, 4) is 17.1 Å². The molecule has 4 rings (SSSR count). The fraction of sp³-hybridized carbons (Fsp3) is 0.182. The number of benzene rings is 3. The lowest BCUT2D eigenvalue weighted by atomic mass is 10.1. The molecule has 0 spiro atoms. The Morgan fingerprint density at radius 2 is 1.79 bits per heavy atom. The van der Waals surface area contributed by atoms with Crippen molar-refractivity contribution in [2.75, 3.05) is 18.0 Å². The maximum absolute atomic E-state index is 8.83. The predicted octanol–water partition coefficient (Wildman–Crippen LogP) is 4.65. The van der Waals surface area contributed by atoms with Crippen LogP contribution >= 0.6 is 0 Å². The van der Waals surface area contributed by atoms with Crippen LogP contribution in [0.25, 0.3) is 33.2 Å². The van der Waals surface area contributed by atoms with E-state index in [1.165, 1.54) is 0 Å². The van der Waals surface area contributed by atoms with Gasteiger partial charge in [-0.15, -0.1) is 0 Å². The molecule has 2 aromatic rings. The van der Waals surface area contributed by atoms with Crippen LogP contribution in [0.2, 0.25) is 0 Å². The average molecular weight is 369 g/mol. The van der Waals surface area contributed by atoms with Gasteiger partial charge in [0, 0.05) is 24.5 Å². The second-order valence-electron chi connectivity index (χ2n) is 6.49. The molecule has 6 heteroatoms.